The van der Waals surface area contributed by atoms with Gasteiger partial charge in [-0.25, -0.2) is 0 Å². The fourth-order valence-corrected chi connectivity index (χ4v) is 3.37. The molecule has 0 aromatic heterocycles. The van der Waals surface area contributed by atoms with Crippen LogP contribution >= 0.6 is 0 Å². The number of aliphatic hydroxyl groups is 1. The Hall–Kier alpha value is -1.84. The van der Waals surface area contributed by atoms with E-state index in [1.807, 2.05) is 0 Å². The lowest BCUT2D eigenvalue weighted by Crippen LogP contribution is -2.34. The van der Waals surface area contributed by atoms with Gasteiger partial charge in [-0.1, -0.05) is 42.0 Å². The number of hydrogen-bond acceptors (Lipinski definition) is 3. The van der Waals surface area contributed by atoms with Gasteiger partial charge < -0.3 is 15.3 Å². The highest BCUT2D eigenvalue weighted by Crippen LogP contribution is 2.23. The number of nitrogens with one attached hydrogen (secondary N) is 1. The van der Waals surface area contributed by atoms with E-state index in [-0.39, 0.29) is 0 Å². The smallest absolute Gasteiger partial charge is 0.0460 e. The number of aryl methyl sites for hydroxylation is 1. The summed E-state index contributed by atoms with van der Waals surface area (Å²) in [6.45, 7) is 6.36. The highest BCUT2D eigenvalue weighted by atomic mass is 16.3. The average Bonchev–Trinajstić information content (AvgIpc) is 2.63. The maximum absolute atomic E-state index is 9.24. The molecule has 0 saturated carbocycles. The lowest BCUT2D eigenvalue weighted by atomic mass is 9.97. The molecule has 2 N–H and O–H groups in total. The van der Waals surface area contributed by atoms with Gasteiger partial charge in [0, 0.05) is 38.5 Å². The van der Waals surface area contributed by atoms with Gasteiger partial charge in [-0.15, -0.1) is 0 Å². The monoisotopic (exact) mass is 324 g/mol. The van der Waals surface area contributed by atoms with Crippen LogP contribution in [0.3, 0.4) is 0 Å². The Balaban J connectivity index is 1.48. The van der Waals surface area contributed by atoms with Crippen LogP contribution in [0.2, 0.25) is 0 Å². The molecule has 0 radical (unpaired) electrons. The SMILES string of the molecule is Cc1cccc(CNCc2ccc(N3CCC(CO)CC3)cc2)c1. The summed E-state index contributed by atoms with van der Waals surface area (Å²) in [5.74, 6) is 0.492. The Bertz CT molecular complexity index is 631. The van der Waals surface area contributed by atoms with Crippen molar-refractivity contribution in [2.24, 2.45) is 5.92 Å². The molecule has 0 amide bonds. The van der Waals surface area contributed by atoms with E-state index in [2.05, 4.69) is 65.7 Å². The topological polar surface area (TPSA) is 35.5 Å². The zero-order chi connectivity index (χ0) is 16.8. The van der Waals surface area contributed by atoms with E-state index in [4.69, 9.17) is 0 Å². The van der Waals surface area contributed by atoms with Crippen LogP contribution in [0, 0.1) is 12.8 Å². The standard InChI is InChI=1S/C21H28N2O/c1-17-3-2-4-20(13-17)15-22-14-18-5-7-21(8-6-18)23-11-9-19(16-24)10-12-23/h2-8,13,19,22,24H,9-12,14-16H2,1H3. The van der Waals surface area contributed by atoms with Crippen molar-refractivity contribution < 1.29 is 5.11 Å². The van der Waals surface area contributed by atoms with E-state index < -0.39 is 0 Å². The normalized spacial score (nSPS) is 15.7. The number of piperidine rings is 1. The van der Waals surface area contributed by atoms with Gasteiger partial charge in [0.2, 0.25) is 0 Å². The fraction of sp³-hybridized carbons (Fsp3) is 0.429. The molecular formula is C21H28N2O. The van der Waals surface area contributed by atoms with Gasteiger partial charge in [0.15, 0.2) is 0 Å². The summed E-state index contributed by atoms with van der Waals surface area (Å²) in [7, 11) is 0. The quantitative estimate of drug-likeness (QED) is 0.854. The van der Waals surface area contributed by atoms with Gasteiger partial charge in [0.1, 0.15) is 0 Å². The molecule has 3 heteroatoms. The Morgan fingerprint density at radius 3 is 2.38 bits per heavy atom. The highest BCUT2D eigenvalue weighted by Gasteiger charge is 2.18. The molecule has 0 unspecified atom stereocenters. The molecule has 1 fully saturated rings. The van der Waals surface area contributed by atoms with Crippen molar-refractivity contribution in [2.45, 2.75) is 32.9 Å². The van der Waals surface area contributed by atoms with Crippen molar-refractivity contribution in [3.05, 3.63) is 65.2 Å². The maximum atomic E-state index is 9.24. The summed E-state index contributed by atoms with van der Waals surface area (Å²) >= 11 is 0. The minimum absolute atomic E-state index is 0.333. The molecule has 1 heterocycles. The number of aliphatic hydroxyl groups excluding tert-OH is 1. The van der Waals surface area contributed by atoms with Crippen molar-refractivity contribution >= 4 is 5.69 Å². The van der Waals surface area contributed by atoms with Crippen LogP contribution in [0.15, 0.2) is 48.5 Å². The molecule has 128 valence electrons. The summed E-state index contributed by atoms with van der Waals surface area (Å²) in [6, 6.07) is 17.5. The second-order valence-electron chi connectivity index (χ2n) is 6.87. The third kappa shape index (κ3) is 4.59. The first-order chi connectivity index (χ1) is 11.7. The van der Waals surface area contributed by atoms with Gasteiger partial charge in [-0.2, -0.15) is 0 Å². The second kappa shape index (κ2) is 8.32. The summed E-state index contributed by atoms with van der Waals surface area (Å²) < 4.78 is 0. The lowest BCUT2D eigenvalue weighted by Gasteiger charge is -2.33. The minimum Gasteiger partial charge on any atom is -0.396 e. The Kier molecular flexibility index (Phi) is 5.89. The van der Waals surface area contributed by atoms with Gasteiger partial charge in [0.05, 0.1) is 0 Å². The summed E-state index contributed by atoms with van der Waals surface area (Å²) in [4.78, 5) is 2.43. The van der Waals surface area contributed by atoms with Crippen LogP contribution in [0.25, 0.3) is 0 Å². The van der Waals surface area contributed by atoms with Gasteiger partial charge in [-0.3, -0.25) is 0 Å². The molecule has 3 rings (SSSR count). The first kappa shape index (κ1) is 17.0. The Morgan fingerprint density at radius 2 is 1.71 bits per heavy atom. The van der Waals surface area contributed by atoms with E-state index in [0.717, 1.165) is 39.0 Å². The van der Waals surface area contributed by atoms with Crippen LogP contribution < -0.4 is 10.2 Å². The van der Waals surface area contributed by atoms with Crippen molar-refractivity contribution in [2.75, 3.05) is 24.6 Å². The highest BCUT2D eigenvalue weighted by molar-refractivity contribution is 5.48. The molecule has 0 spiro atoms. The Morgan fingerprint density at radius 1 is 1.00 bits per heavy atom. The van der Waals surface area contributed by atoms with E-state index in [9.17, 15) is 5.11 Å². The summed E-state index contributed by atoms with van der Waals surface area (Å²) in [5.41, 5.74) is 5.26. The molecule has 0 bridgehead atoms. The Labute approximate surface area is 145 Å². The zero-order valence-electron chi connectivity index (χ0n) is 14.5. The predicted octanol–water partition coefficient (Wildman–Crippen LogP) is 3.49. The largest absolute Gasteiger partial charge is 0.396 e. The first-order valence-electron chi connectivity index (χ1n) is 8.95. The van der Waals surface area contributed by atoms with Crippen LogP contribution in [0.1, 0.15) is 29.5 Å². The van der Waals surface area contributed by atoms with E-state index >= 15 is 0 Å². The lowest BCUT2D eigenvalue weighted by molar-refractivity contribution is 0.203. The van der Waals surface area contributed by atoms with Gasteiger partial charge in [-0.05, 0) is 48.9 Å². The van der Waals surface area contributed by atoms with Crippen molar-refractivity contribution in [3.8, 4) is 0 Å². The number of nitrogens with zero attached hydrogens (tertiary/aromatic N) is 1. The number of benzene rings is 2. The number of anilines is 1. The third-order valence-corrected chi connectivity index (χ3v) is 4.91. The molecule has 1 aliphatic rings. The van der Waals surface area contributed by atoms with E-state index in [0.29, 0.717) is 12.5 Å². The van der Waals surface area contributed by atoms with Crippen molar-refractivity contribution in [3.63, 3.8) is 0 Å². The van der Waals surface area contributed by atoms with Crippen LogP contribution in [-0.4, -0.2) is 24.8 Å². The molecule has 3 nitrogen and oxygen atoms in total. The predicted molar refractivity (Wildman–Crippen MR) is 100 cm³/mol. The van der Waals surface area contributed by atoms with Gasteiger partial charge >= 0.3 is 0 Å². The molecule has 1 saturated heterocycles. The minimum atomic E-state index is 0.333. The molecule has 2 aromatic rings. The summed E-state index contributed by atoms with van der Waals surface area (Å²) in [6.07, 6.45) is 2.19. The average molecular weight is 324 g/mol. The first-order valence-corrected chi connectivity index (χ1v) is 8.95. The molecule has 0 atom stereocenters. The fourth-order valence-electron chi connectivity index (χ4n) is 3.37. The van der Waals surface area contributed by atoms with Crippen molar-refractivity contribution in [1.82, 2.24) is 5.32 Å². The molecule has 2 aromatic carbocycles. The van der Waals surface area contributed by atoms with Crippen molar-refractivity contribution in [1.29, 1.82) is 0 Å². The second-order valence-corrected chi connectivity index (χ2v) is 6.87. The molecule has 0 aliphatic carbocycles. The van der Waals surface area contributed by atoms with Gasteiger partial charge in [0.25, 0.3) is 0 Å². The maximum Gasteiger partial charge on any atom is 0.0460 e. The van der Waals surface area contributed by atoms with E-state index in [1.165, 1.54) is 22.4 Å². The number of hydrogen-bond donors (Lipinski definition) is 2. The zero-order valence-corrected chi connectivity index (χ0v) is 14.5. The number of rotatable bonds is 6. The molecule has 1 aliphatic heterocycles. The molecule has 24 heavy (non-hydrogen) atoms. The molecular weight excluding hydrogens is 296 g/mol. The van der Waals surface area contributed by atoms with Crippen LogP contribution in [0.5, 0.6) is 0 Å². The van der Waals surface area contributed by atoms with E-state index in [1.54, 1.807) is 0 Å². The van der Waals surface area contributed by atoms with Crippen LogP contribution in [0.4, 0.5) is 5.69 Å². The van der Waals surface area contributed by atoms with Crippen LogP contribution in [-0.2, 0) is 13.1 Å². The summed E-state index contributed by atoms with van der Waals surface area (Å²) in [5, 5.41) is 12.8. The third-order valence-electron chi connectivity index (χ3n) is 4.91.